The Hall–Kier alpha value is -3.54. The van der Waals surface area contributed by atoms with Crippen molar-refractivity contribution in [1.29, 1.82) is 0 Å². The summed E-state index contributed by atoms with van der Waals surface area (Å²) in [4.78, 5) is 32.8. The van der Waals surface area contributed by atoms with Gasteiger partial charge >= 0.3 is 0 Å². The van der Waals surface area contributed by atoms with Gasteiger partial charge < -0.3 is 10.6 Å². The van der Waals surface area contributed by atoms with E-state index < -0.39 is 0 Å². The maximum Gasteiger partial charge on any atom is 0.275 e. The molecule has 2 amide bonds. The lowest BCUT2D eigenvalue weighted by atomic mass is 10.0. The molecule has 3 aromatic rings. The van der Waals surface area contributed by atoms with Gasteiger partial charge in [0.1, 0.15) is 11.5 Å². The summed E-state index contributed by atoms with van der Waals surface area (Å²) in [6, 6.07) is 16.1. The summed E-state index contributed by atoms with van der Waals surface area (Å²) in [6.07, 6.45) is 4.18. The molecule has 2 heterocycles. The van der Waals surface area contributed by atoms with Crippen molar-refractivity contribution >= 4 is 17.6 Å². The van der Waals surface area contributed by atoms with Crippen molar-refractivity contribution in [2.45, 2.75) is 20.3 Å². The molecule has 29 heavy (non-hydrogen) atoms. The predicted octanol–water partition coefficient (Wildman–Crippen LogP) is 4.17. The molecule has 0 aliphatic heterocycles. The number of benzene rings is 1. The van der Waals surface area contributed by atoms with Crippen LogP contribution in [-0.2, 0) is 0 Å². The molecule has 2 N–H and O–H groups in total. The van der Waals surface area contributed by atoms with E-state index in [1.54, 1.807) is 42.7 Å². The van der Waals surface area contributed by atoms with Gasteiger partial charge in [-0.3, -0.25) is 14.6 Å². The average Bonchev–Trinajstić information content (AvgIpc) is 2.74. The van der Waals surface area contributed by atoms with Crippen LogP contribution in [-0.4, -0.2) is 28.3 Å². The topological polar surface area (TPSA) is 84.0 Å². The van der Waals surface area contributed by atoms with Crippen LogP contribution in [0.4, 0.5) is 5.82 Å². The van der Waals surface area contributed by atoms with Crippen LogP contribution in [0.1, 0.15) is 41.1 Å². The molecule has 0 radical (unpaired) electrons. The summed E-state index contributed by atoms with van der Waals surface area (Å²) in [5.41, 5.74) is 2.68. The van der Waals surface area contributed by atoms with Crippen LogP contribution in [0.5, 0.6) is 0 Å². The van der Waals surface area contributed by atoms with E-state index in [0.717, 1.165) is 17.5 Å². The number of anilines is 1. The molecule has 3 rings (SSSR count). The van der Waals surface area contributed by atoms with Crippen molar-refractivity contribution in [3.05, 3.63) is 78.2 Å². The van der Waals surface area contributed by atoms with E-state index in [1.807, 2.05) is 24.3 Å². The molecule has 2 aromatic heterocycles. The fourth-order valence-corrected chi connectivity index (χ4v) is 2.73. The van der Waals surface area contributed by atoms with Crippen LogP contribution in [0.15, 0.2) is 67.0 Å². The second-order valence-corrected chi connectivity index (χ2v) is 7.12. The molecule has 0 bridgehead atoms. The van der Waals surface area contributed by atoms with Gasteiger partial charge in [-0.25, -0.2) is 4.98 Å². The molecule has 0 atom stereocenters. The summed E-state index contributed by atoms with van der Waals surface area (Å²) in [5.74, 6) is 0.585. The van der Waals surface area contributed by atoms with E-state index in [4.69, 9.17) is 0 Å². The van der Waals surface area contributed by atoms with Gasteiger partial charge in [-0.15, -0.1) is 0 Å². The maximum absolute atomic E-state index is 12.3. The summed E-state index contributed by atoms with van der Waals surface area (Å²) < 4.78 is 0. The van der Waals surface area contributed by atoms with Crippen LogP contribution in [0.2, 0.25) is 0 Å². The third kappa shape index (κ3) is 5.72. The van der Waals surface area contributed by atoms with Gasteiger partial charge in [0.2, 0.25) is 0 Å². The molecule has 0 aliphatic carbocycles. The fraction of sp³-hybridized carbons (Fsp3) is 0.217. The van der Waals surface area contributed by atoms with Crippen molar-refractivity contribution in [1.82, 2.24) is 15.3 Å². The van der Waals surface area contributed by atoms with Gasteiger partial charge in [-0.05, 0) is 54.3 Å². The summed E-state index contributed by atoms with van der Waals surface area (Å²) >= 11 is 0. The molecular weight excluding hydrogens is 364 g/mol. The van der Waals surface area contributed by atoms with Gasteiger partial charge in [0.05, 0.1) is 0 Å². The molecular formula is C23H24N4O2. The standard InChI is InChI=1S/C23H24N4O2/c1-16(2)11-13-25-22(28)18-7-5-6-17(14-18)19-9-10-21(26-15-19)27-23(29)20-8-3-4-12-24-20/h3-10,12,14-16H,11,13H2,1-2H3,(H,25,28)(H,26,27,29). The van der Waals surface area contributed by atoms with Crippen LogP contribution in [0.25, 0.3) is 11.1 Å². The van der Waals surface area contributed by atoms with Gasteiger partial charge in [-0.1, -0.05) is 32.0 Å². The molecule has 0 spiro atoms. The number of rotatable bonds is 7. The van der Waals surface area contributed by atoms with Gasteiger partial charge in [0.25, 0.3) is 11.8 Å². The average molecular weight is 388 g/mol. The van der Waals surface area contributed by atoms with E-state index >= 15 is 0 Å². The van der Waals surface area contributed by atoms with Crippen LogP contribution in [0, 0.1) is 5.92 Å². The lowest BCUT2D eigenvalue weighted by Crippen LogP contribution is -2.25. The lowest BCUT2D eigenvalue weighted by molar-refractivity contribution is 0.0951. The van der Waals surface area contributed by atoms with E-state index in [2.05, 4.69) is 34.4 Å². The number of hydrogen-bond donors (Lipinski definition) is 2. The molecule has 0 fully saturated rings. The number of nitrogens with zero attached hydrogens (tertiary/aromatic N) is 2. The monoisotopic (exact) mass is 388 g/mol. The van der Waals surface area contributed by atoms with Crippen molar-refractivity contribution in [3.63, 3.8) is 0 Å². The van der Waals surface area contributed by atoms with Crippen LogP contribution >= 0.6 is 0 Å². The van der Waals surface area contributed by atoms with Gasteiger partial charge in [0, 0.05) is 30.1 Å². The van der Waals surface area contributed by atoms with Gasteiger partial charge in [-0.2, -0.15) is 0 Å². The number of hydrogen-bond acceptors (Lipinski definition) is 4. The Morgan fingerprint density at radius 2 is 1.79 bits per heavy atom. The first-order valence-electron chi connectivity index (χ1n) is 9.60. The van der Waals surface area contributed by atoms with Crippen LogP contribution < -0.4 is 10.6 Å². The number of amides is 2. The van der Waals surface area contributed by atoms with Crippen molar-refractivity contribution in [2.24, 2.45) is 5.92 Å². The zero-order chi connectivity index (χ0) is 20.6. The molecule has 0 unspecified atom stereocenters. The molecule has 0 aliphatic rings. The largest absolute Gasteiger partial charge is 0.352 e. The molecule has 148 valence electrons. The predicted molar refractivity (Wildman–Crippen MR) is 114 cm³/mol. The summed E-state index contributed by atoms with van der Waals surface area (Å²) in [7, 11) is 0. The minimum atomic E-state index is -0.314. The van der Waals surface area contributed by atoms with Crippen molar-refractivity contribution in [2.75, 3.05) is 11.9 Å². The number of nitrogens with one attached hydrogen (secondary N) is 2. The number of pyridine rings is 2. The van der Waals surface area contributed by atoms with Gasteiger partial charge in [0.15, 0.2) is 0 Å². The van der Waals surface area contributed by atoms with E-state index in [9.17, 15) is 9.59 Å². The quantitative estimate of drug-likeness (QED) is 0.636. The minimum Gasteiger partial charge on any atom is -0.352 e. The smallest absolute Gasteiger partial charge is 0.275 e. The molecule has 0 saturated heterocycles. The van der Waals surface area contributed by atoms with E-state index in [1.165, 1.54) is 0 Å². The van der Waals surface area contributed by atoms with Crippen molar-refractivity contribution in [3.8, 4) is 11.1 Å². The highest BCUT2D eigenvalue weighted by molar-refractivity contribution is 6.02. The maximum atomic E-state index is 12.3. The Balaban J connectivity index is 1.67. The first-order valence-corrected chi connectivity index (χ1v) is 9.60. The third-order valence-corrected chi connectivity index (χ3v) is 4.37. The molecule has 0 saturated carbocycles. The Bertz CT molecular complexity index is 970. The SMILES string of the molecule is CC(C)CCNC(=O)c1cccc(-c2ccc(NC(=O)c3ccccn3)nc2)c1. The zero-order valence-electron chi connectivity index (χ0n) is 16.6. The highest BCUT2D eigenvalue weighted by Gasteiger charge is 2.09. The Labute approximate surface area is 170 Å². The zero-order valence-corrected chi connectivity index (χ0v) is 16.6. The summed E-state index contributed by atoms with van der Waals surface area (Å²) in [5, 5.41) is 5.67. The highest BCUT2D eigenvalue weighted by atomic mass is 16.2. The fourth-order valence-electron chi connectivity index (χ4n) is 2.73. The number of carbonyl (C=O) groups is 2. The summed E-state index contributed by atoms with van der Waals surface area (Å²) in [6.45, 7) is 4.91. The molecule has 6 nitrogen and oxygen atoms in total. The van der Waals surface area contributed by atoms with Crippen molar-refractivity contribution < 1.29 is 9.59 Å². The van der Waals surface area contributed by atoms with Crippen LogP contribution in [0.3, 0.4) is 0 Å². The minimum absolute atomic E-state index is 0.0836. The first kappa shape index (κ1) is 20.2. The second-order valence-electron chi connectivity index (χ2n) is 7.12. The number of aromatic nitrogens is 2. The number of carbonyl (C=O) groups excluding carboxylic acids is 2. The highest BCUT2D eigenvalue weighted by Crippen LogP contribution is 2.21. The van der Waals surface area contributed by atoms with E-state index in [-0.39, 0.29) is 11.8 Å². The Morgan fingerprint density at radius 1 is 0.931 bits per heavy atom. The normalized spacial score (nSPS) is 10.6. The molecule has 1 aromatic carbocycles. The van der Waals surface area contributed by atoms with E-state index in [0.29, 0.717) is 29.5 Å². The second kappa shape index (κ2) is 9.59. The molecule has 6 heteroatoms. The third-order valence-electron chi connectivity index (χ3n) is 4.37. The lowest BCUT2D eigenvalue weighted by Gasteiger charge is -2.09. The first-order chi connectivity index (χ1) is 14.0. The Kier molecular flexibility index (Phi) is 6.68. The Morgan fingerprint density at radius 3 is 2.48 bits per heavy atom.